The molecule has 0 radical (unpaired) electrons. The summed E-state index contributed by atoms with van der Waals surface area (Å²) >= 11 is 6.16. The smallest absolute Gasteiger partial charge is 0.257 e. The molecule has 2 aromatic carbocycles. The third kappa shape index (κ3) is 3.96. The van der Waals surface area contributed by atoms with Gasteiger partial charge >= 0.3 is 0 Å². The second kappa shape index (κ2) is 7.68. The van der Waals surface area contributed by atoms with Crippen molar-refractivity contribution >= 4 is 39.8 Å². The summed E-state index contributed by atoms with van der Waals surface area (Å²) < 4.78 is 43.4. The van der Waals surface area contributed by atoms with Crippen LogP contribution in [0.4, 0.5) is 24.7 Å². The summed E-state index contributed by atoms with van der Waals surface area (Å²) in [6.45, 7) is 1.35. The van der Waals surface area contributed by atoms with Crippen LogP contribution in [-0.4, -0.2) is 32.6 Å². The number of benzene rings is 2. The zero-order valence-electron chi connectivity index (χ0n) is 17.0. The third-order valence-electron chi connectivity index (χ3n) is 5.47. The molecule has 2 aromatic heterocycles. The van der Waals surface area contributed by atoms with E-state index in [-0.39, 0.29) is 22.7 Å². The highest BCUT2D eigenvalue weighted by Crippen LogP contribution is 2.44. The van der Waals surface area contributed by atoms with Gasteiger partial charge in [0.15, 0.2) is 0 Å². The quantitative estimate of drug-likeness (QED) is 0.374. The highest BCUT2D eigenvalue weighted by molar-refractivity contribution is 6.31. The van der Waals surface area contributed by atoms with Crippen molar-refractivity contribution < 1.29 is 13.2 Å². The van der Waals surface area contributed by atoms with Gasteiger partial charge in [0, 0.05) is 27.1 Å². The lowest BCUT2D eigenvalue weighted by Crippen LogP contribution is -2.25. The van der Waals surface area contributed by atoms with Crippen LogP contribution in [0.5, 0.6) is 0 Å². The maximum absolute atomic E-state index is 14.5. The number of aromatic nitrogens is 4. The van der Waals surface area contributed by atoms with Gasteiger partial charge < -0.3 is 4.90 Å². The lowest BCUT2D eigenvalue weighted by molar-refractivity contribution is 0.158. The van der Waals surface area contributed by atoms with Crippen LogP contribution >= 0.6 is 11.6 Å². The van der Waals surface area contributed by atoms with E-state index in [0.717, 1.165) is 12.8 Å². The van der Waals surface area contributed by atoms with Gasteiger partial charge in [0.2, 0.25) is 0 Å². The molecule has 5 rings (SSSR count). The largest absolute Gasteiger partial charge is 0.320 e. The van der Waals surface area contributed by atoms with E-state index in [0.29, 0.717) is 21.5 Å². The summed E-state index contributed by atoms with van der Waals surface area (Å²) in [5, 5.41) is 8.83. The maximum atomic E-state index is 14.5. The molecule has 32 heavy (non-hydrogen) atoms. The van der Waals surface area contributed by atoms with Crippen molar-refractivity contribution in [2.75, 3.05) is 11.4 Å². The number of rotatable bonds is 4. The van der Waals surface area contributed by atoms with Crippen LogP contribution in [0, 0.1) is 23.1 Å². The Morgan fingerprint density at radius 2 is 2.03 bits per heavy atom. The number of hydrogen-bond acceptors (Lipinski definition) is 4. The summed E-state index contributed by atoms with van der Waals surface area (Å²) in [4.78, 5) is 5.74. The molecular weight excluding hydrogens is 439 g/mol. The summed E-state index contributed by atoms with van der Waals surface area (Å²) in [6, 6.07) is 9.11. The number of alkyl halides is 2. The summed E-state index contributed by atoms with van der Waals surface area (Å²) in [6.07, 6.45) is 0.764. The van der Waals surface area contributed by atoms with Crippen LogP contribution in [0.25, 0.3) is 16.7 Å². The molecule has 4 aromatic rings. The van der Waals surface area contributed by atoms with Gasteiger partial charge in [0.05, 0.1) is 12.1 Å². The Balaban J connectivity index is 1.70. The molecule has 0 saturated heterocycles. The monoisotopic (exact) mass is 455 g/mol. The van der Waals surface area contributed by atoms with E-state index in [1.165, 1.54) is 23.4 Å². The third-order valence-corrected chi connectivity index (χ3v) is 5.71. The second-order valence-electron chi connectivity index (χ2n) is 8.11. The Morgan fingerprint density at radius 3 is 2.78 bits per heavy atom. The van der Waals surface area contributed by atoms with Gasteiger partial charge in [-0.15, -0.1) is 10.2 Å². The fourth-order valence-corrected chi connectivity index (χ4v) is 3.69. The molecule has 0 amide bonds. The van der Waals surface area contributed by atoms with E-state index in [1.807, 2.05) is 6.92 Å². The lowest BCUT2D eigenvalue weighted by Gasteiger charge is -2.25. The average Bonchev–Trinajstić information content (AvgIpc) is 3.29. The van der Waals surface area contributed by atoms with Gasteiger partial charge in [-0.2, -0.15) is 4.98 Å². The van der Waals surface area contributed by atoms with Crippen molar-refractivity contribution in [3.05, 3.63) is 59.1 Å². The summed E-state index contributed by atoms with van der Waals surface area (Å²) in [5.41, 5.74) is 1.19. The maximum Gasteiger partial charge on any atom is 0.257 e. The average molecular weight is 456 g/mol. The Kier molecular flexibility index (Phi) is 4.94. The molecule has 0 unspecified atom stereocenters. The molecule has 1 fully saturated rings. The zero-order chi connectivity index (χ0) is 22.5. The van der Waals surface area contributed by atoms with Crippen LogP contribution in [0.15, 0.2) is 42.7 Å². The molecule has 0 aliphatic heterocycles. The molecule has 1 aliphatic carbocycles. The van der Waals surface area contributed by atoms with Gasteiger partial charge in [-0.3, -0.25) is 4.40 Å². The van der Waals surface area contributed by atoms with Gasteiger partial charge in [-0.05, 0) is 56.2 Å². The zero-order valence-corrected chi connectivity index (χ0v) is 17.7. The Morgan fingerprint density at radius 1 is 1.22 bits per heavy atom. The fourth-order valence-electron chi connectivity index (χ4n) is 3.52. The minimum absolute atomic E-state index is 0.0507. The van der Waals surface area contributed by atoms with E-state index < -0.39 is 18.8 Å². The van der Waals surface area contributed by atoms with Gasteiger partial charge in [0.1, 0.15) is 18.0 Å². The molecule has 1 aliphatic rings. The van der Waals surface area contributed by atoms with Gasteiger partial charge in [-0.25, -0.2) is 13.2 Å². The van der Waals surface area contributed by atoms with E-state index >= 15 is 0 Å². The minimum Gasteiger partial charge on any atom is -0.320 e. The normalized spacial score (nSPS) is 14.6. The molecular formula is C23H17ClF3N5. The van der Waals surface area contributed by atoms with Crippen LogP contribution in [0.1, 0.15) is 25.3 Å². The molecule has 162 valence electrons. The van der Waals surface area contributed by atoms with Crippen LogP contribution < -0.4 is 4.90 Å². The molecule has 0 N–H and O–H groups in total. The molecule has 0 atom stereocenters. The fraction of sp³-hybridized carbons (Fsp3) is 0.261. The van der Waals surface area contributed by atoms with Crippen molar-refractivity contribution in [1.29, 1.82) is 0 Å². The van der Waals surface area contributed by atoms with Gasteiger partial charge in [-0.1, -0.05) is 23.4 Å². The summed E-state index contributed by atoms with van der Waals surface area (Å²) in [7, 11) is 0. The Hall–Kier alpha value is -3.31. The Labute approximate surface area is 186 Å². The molecule has 0 spiro atoms. The lowest BCUT2D eigenvalue weighted by atomic mass is 10.1. The number of halogens is 4. The first-order valence-corrected chi connectivity index (χ1v) is 10.4. The van der Waals surface area contributed by atoms with Crippen LogP contribution in [-0.2, 0) is 0 Å². The number of anilines is 2. The number of fused-ring (bicyclic) bond motifs is 3. The first kappa shape index (κ1) is 20.6. The minimum atomic E-state index is -2.70. The first-order chi connectivity index (χ1) is 15.3. The number of nitrogens with zero attached hydrogens (tertiary/aromatic N) is 5. The van der Waals surface area contributed by atoms with E-state index in [2.05, 4.69) is 27.0 Å². The molecule has 1 saturated carbocycles. The molecule has 2 heterocycles. The molecule has 0 bridgehead atoms. The van der Waals surface area contributed by atoms with Crippen molar-refractivity contribution in [1.82, 2.24) is 19.6 Å². The predicted molar refractivity (Wildman–Crippen MR) is 117 cm³/mol. The predicted octanol–water partition coefficient (Wildman–Crippen LogP) is 5.62. The van der Waals surface area contributed by atoms with E-state index in [9.17, 15) is 13.2 Å². The standard InChI is InChI=1S/C23H17ClF3N5/c1-23(6-7-23)5-4-14-8-16(25)11-17(9-14)31(12-20(26)27)21-18-3-2-15(24)10-19(18)32-13-28-30-22(32)29-21/h2-3,8-11,13,20H,6-7,12H2,1H3. The van der Waals surface area contributed by atoms with Crippen molar-refractivity contribution in [3.63, 3.8) is 0 Å². The topological polar surface area (TPSA) is 46.3 Å². The SMILES string of the molecule is CC1(C#Cc2cc(F)cc(N(CC(F)F)c3nc4nncn4c4cc(Cl)ccc34)c2)CC1. The second-order valence-corrected chi connectivity index (χ2v) is 8.54. The number of hydrogen-bond donors (Lipinski definition) is 0. The van der Waals surface area contributed by atoms with Crippen LogP contribution in [0.3, 0.4) is 0 Å². The van der Waals surface area contributed by atoms with Crippen molar-refractivity contribution in [3.8, 4) is 11.8 Å². The van der Waals surface area contributed by atoms with E-state index in [1.54, 1.807) is 28.7 Å². The first-order valence-electron chi connectivity index (χ1n) is 10.00. The van der Waals surface area contributed by atoms with Crippen molar-refractivity contribution in [2.45, 2.75) is 26.2 Å². The molecule has 9 heteroatoms. The Bertz CT molecular complexity index is 1400. The highest BCUT2D eigenvalue weighted by atomic mass is 35.5. The van der Waals surface area contributed by atoms with Crippen LogP contribution in [0.2, 0.25) is 5.02 Å². The molecule has 5 nitrogen and oxygen atoms in total. The van der Waals surface area contributed by atoms with Crippen molar-refractivity contribution in [2.24, 2.45) is 5.41 Å². The van der Waals surface area contributed by atoms with Gasteiger partial charge in [0.25, 0.3) is 12.2 Å². The highest BCUT2D eigenvalue weighted by Gasteiger charge is 2.35. The summed E-state index contributed by atoms with van der Waals surface area (Å²) in [5.74, 6) is 5.99. The van der Waals surface area contributed by atoms with E-state index in [4.69, 9.17) is 11.6 Å².